The number of carbonyl (C=O) groups is 1. The molecule has 20 heavy (non-hydrogen) atoms. The standard InChI is InChI=1S/C17H19NO2/c1-11-12(2)14(17(19)20)10-9-13(11)15-7-5-6-8-16(15)18(3)4/h5-10H,1-4H3,(H,19,20). The first-order chi connectivity index (χ1) is 9.43. The fraction of sp³-hybridized carbons (Fsp3) is 0.235. The largest absolute Gasteiger partial charge is 0.478 e. The normalized spacial score (nSPS) is 10.4. The van der Waals surface area contributed by atoms with E-state index in [0.717, 1.165) is 27.9 Å². The van der Waals surface area contributed by atoms with E-state index in [4.69, 9.17) is 0 Å². The third-order valence-electron chi connectivity index (χ3n) is 3.69. The van der Waals surface area contributed by atoms with Crippen molar-refractivity contribution in [3.63, 3.8) is 0 Å². The van der Waals surface area contributed by atoms with Gasteiger partial charge in [0.05, 0.1) is 5.56 Å². The van der Waals surface area contributed by atoms with Crippen molar-refractivity contribution in [2.24, 2.45) is 0 Å². The first-order valence-electron chi connectivity index (χ1n) is 6.53. The molecule has 0 unspecified atom stereocenters. The molecule has 0 aliphatic carbocycles. The zero-order valence-electron chi connectivity index (χ0n) is 12.3. The summed E-state index contributed by atoms with van der Waals surface area (Å²) in [4.78, 5) is 13.3. The van der Waals surface area contributed by atoms with Crippen molar-refractivity contribution in [3.8, 4) is 11.1 Å². The van der Waals surface area contributed by atoms with Crippen molar-refractivity contribution in [2.45, 2.75) is 13.8 Å². The number of para-hydroxylation sites is 1. The van der Waals surface area contributed by atoms with Gasteiger partial charge in [0.1, 0.15) is 0 Å². The summed E-state index contributed by atoms with van der Waals surface area (Å²) in [5, 5.41) is 9.19. The summed E-state index contributed by atoms with van der Waals surface area (Å²) >= 11 is 0. The first-order valence-corrected chi connectivity index (χ1v) is 6.53. The maximum Gasteiger partial charge on any atom is 0.335 e. The number of hydrogen-bond donors (Lipinski definition) is 1. The molecule has 0 fully saturated rings. The smallest absolute Gasteiger partial charge is 0.335 e. The van der Waals surface area contributed by atoms with E-state index in [2.05, 4.69) is 17.0 Å². The number of carboxylic acids is 1. The maximum absolute atomic E-state index is 11.2. The second-order valence-electron chi connectivity index (χ2n) is 5.13. The number of rotatable bonds is 3. The summed E-state index contributed by atoms with van der Waals surface area (Å²) in [6.45, 7) is 3.84. The van der Waals surface area contributed by atoms with E-state index in [1.54, 1.807) is 6.07 Å². The van der Waals surface area contributed by atoms with Crippen molar-refractivity contribution in [2.75, 3.05) is 19.0 Å². The predicted molar refractivity (Wildman–Crippen MR) is 82.6 cm³/mol. The molecule has 0 atom stereocenters. The molecule has 0 aliphatic heterocycles. The van der Waals surface area contributed by atoms with Crippen molar-refractivity contribution in [1.82, 2.24) is 0 Å². The van der Waals surface area contributed by atoms with Crippen LogP contribution in [0.1, 0.15) is 21.5 Å². The van der Waals surface area contributed by atoms with E-state index in [0.29, 0.717) is 5.56 Å². The zero-order valence-corrected chi connectivity index (χ0v) is 12.3. The highest BCUT2D eigenvalue weighted by Gasteiger charge is 2.14. The van der Waals surface area contributed by atoms with Crippen molar-refractivity contribution in [3.05, 3.63) is 53.1 Å². The molecule has 2 rings (SSSR count). The van der Waals surface area contributed by atoms with Crippen LogP contribution in [0.25, 0.3) is 11.1 Å². The Morgan fingerprint density at radius 1 is 0.950 bits per heavy atom. The molecule has 0 aromatic heterocycles. The highest BCUT2D eigenvalue weighted by atomic mass is 16.4. The summed E-state index contributed by atoms with van der Waals surface area (Å²) < 4.78 is 0. The van der Waals surface area contributed by atoms with Crippen molar-refractivity contribution in [1.29, 1.82) is 0 Å². The zero-order chi connectivity index (χ0) is 14.9. The lowest BCUT2D eigenvalue weighted by Gasteiger charge is -2.19. The minimum Gasteiger partial charge on any atom is -0.478 e. The van der Waals surface area contributed by atoms with Crippen LogP contribution >= 0.6 is 0 Å². The van der Waals surface area contributed by atoms with Gasteiger partial charge in [0.2, 0.25) is 0 Å². The molecule has 1 N–H and O–H groups in total. The van der Waals surface area contributed by atoms with Gasteiger partial charge >= 0.3 is 5.97 Å². The molecule has 2 aromatic carbocycles. The molecular weight excluding hydrogens is 250 g/mol. The second kappa shape index (κ2) is 5.37. The minimum absolute atomic E-state index is 0.369. The average Bonchev–Trinajstić information content (AvgIpc) is 2.41. The lowest BCUT2D eigenvalue weighted by atomic mass is 9.92. The summed E-state index contributed by atoms with van der Waals surface area (Å²) in [7, 11) is 4.01. The van der Waals surface area contributed by atoms with Gasteiger partial charge in [0.15, 0.2) is 0 Å². The molecule has 2 aromatic rings. The SMILES string of the molecule is Cc1c(C(=O)O)ccc(-c2ccccc2N(C)C)c1C. The Hall–Kier alpha value is -2.29. The first kappa shape index (κ1) is 14.1. The van der Waals surface area contributed by atoms with Crippen LogP contribution in [0, 0.1) is 13.8 Å². The van der Waals surface area contributed by atoms with Crippen LogP contribution in [0.5, 0.6) is 0 Å². The Morgan fingerprint density at radius 3 is 2.20 bits per heavy atom. The quantitative estimate of drug-likeness (QED) is 0.923. The van der Waals surface area contributed by atoms with E-state index in [1.165, 1.54) is 0 Å². The van der Waals surface area contributed by atoms with Crippen LogP contribution in [0.3, 0.4) is 0 Å². The number of aromatic carboxylic acids is 1. The van der Waals surface area contributed by atoms with Gasteiger partial charge < -0.3 is 10.0 Å². The molecule has 0 saturated carbocycles. The lowest BCUT2D eigenvalue weighted by molar-refractivity contribution is 0.0696. The van der Waals surface area contributed by atoms with Gasteiger partial charge in [-0.2, -0.15) is 0 Å². The summed E-state index contributed by atoms with van der Waals surface area (Å²) in [5.74, 6) is -0.877. The van der Waals surface area contributed by atoms with Gasteiger partial charge in [-0.15, -0.1) is 0 Å². The number of anilines is 1. The van der Waals surface area contributed by atoms with Crippen molar-refractivity contribution < 1.29 is 9.90 Å². The van der Waals surface area contributed by atoms with E-state index in [-0.39, 0.29) is 0 Å². The van der Waals surface area contributed by atoms with Crippen LogP contribution in [-0.4, -0.2) is 25.2 Å². The molecule has 0 radical (unpaired) electrons. The molecule has 104 valence electrons. The monoisotopic (exact) mass is 269 g/mol. The molecule has 0 heterocycles. The number of benzene rings is 2. The number of hydrogen-bond acceptors (Lipinski definition) is 2. The Bertz CT molecular complexity index is 660. The highest BCUT2D eigenvalue weighted by Crippen LogP contribution is 2.33. The molecular formula is C17H19NO2. The van der Waals surface area contributed by atoms with Gasteiger partial charge in [0.25, 0.3) is 0 Å². The third-order valence-corrected chi connectivity index (χ3v) is 3.69. The molecule has 0 spiro atoms. The van der Waals surface area contributed by atoms with Crippen LogP contribution in [0.2, 0.25) is 0 Å². The Balaban J connectivity index is 2.66. The van der Waals surface area contributed by atoms with Gasteiger partial charge in [0, 0.05) is 25.3 Å². The second-order valence-corrected chi connectivity index (χ2v) is 5.13. The Morgan fingerprint density at radius 2 is 1.60 bits per heavy atom. The van der Waals surface area contributed by atoms with Crippen LogP contribution < -0.4 is 4.90 Å². The van der Waals surface area contributed by atoms with Crippen LogP contribution in [0.4, 0.5) is 5.69 Å². The van der Waals surface area contributed by atoms with E-state index in [1.807, 2.05) is 46.1 Å². The fourth-order valence-corrected chi connectivity index (χ4v) is 2.44. The molecule has 0 saturated heterocycles. The summed E-state index contributed by atoms with van der Waals surface area (Å²) in [6.07, 6.45) is 0. The van der Waals surface area contributed by atoms with E-state index < -0.39 is 5.97 Å². The van der Waals surface area contributed by atoms with E-state index >= 15 is 0 Å². The Labute approximate surface area is 119 Å². The minimum atomic E-state index is -0.877. The van der Waals surface area contributed by atoms with Crippen LogP contribution in [0.15, 0.2) is 36.4 Å². The third kappa shape index (κ3) is 2.39. The topological polar surface area (TPSA) is 40.5 Å². The van der Waals surface area contributed by atoms with E-state index in [9.17, 15) is 9.90 Å². The van der Waals surface area contributed by atoms with Crippen molar-refractivity contribution >= 4 is 11.7 Å². The Kier molecular flexibility index (Phi) is 3.79. The summed E-state index contributed by atoms with van der Waals surface area (Å²) in [5.41, 5.74) is 5.53. The summed E-state index contributed by atoms with van der Waals surface area (Å²) in [6, 6.07) is 11.7. The van der Waals surface area contributed by atoms with Gasteiger partial charge in [-0.05, 0) is 42.7 Å². The number of nitrogens with zero attached hydrogens (tertiary/aromatic N) is 1. The van der Waals surface area contributed by atoms with Gasteiger partial charge in [-0.3, -0.25) is 0 Å². The molecule has 0 amide bonds. The predicted octanol–water partition coefficient (Wildman–Crippen LogP) is 3.73. The molecule has 3 heteroatoms. The van der Waals surface area contributed by atoms with Gasteiger partial charge in [-0.1, -0.05) is 24.3 Å². The maximum atomic E-state index is 11.2. The fourth-order valence-electron chi connectivity index (χ4n) is 2.44. The molecule has 0 aliphatic rings. The number of carboxylic acid groups (broad SMARTS) is 1. The average molecular weight is 269 g/mol. The van der Waals surface area contributed by atoms with Crippen LogP contribution in [-0.2, 0) is 0 Å². The van der Waals surface area contributed by atoms with Gasteiger partial charge in [-0.25, -0.2) is 4.79 Å². The molecule has 0 bridgehead atoms. The lowest BCUT2D eigenvalue weighted by Crippen LogP contribution is -2.10. The highest BCUT2D eigenvalue weighted by molar-refractivity contribution is 5.92. The molecule has 3 nitrogen and oxygen atoms in total.